The molecule has 0 bridgehead atoms. The molecule has 1 aromatic carbocycles. The molecule has 1 aromatic rings. The van der Waals surface area contributed by atoms with Crippen molar-refractivity contribution < 1.29 is 23.9 Å². The Bertz CT molecular complexity index is 738. The summed E-state index contributed by atoms with van der Waals surface area (Å²) in [5.41, 5.74) is 7.81. The molecule has 1 saturated heterocycles. The first kappa shape index (κ1) is 19.4. The summed E-state index contributed by atoms with van der Waals surface area (Å²) in [6.45, 7) is 5.63. The van der Waals surface area contributed by atoms with Gasteiger partial charge in [0.05, 0.1) is 18.8 Å². The van der Waals surface area contributed by atoms with Gasteiger partial charge in [-0.05, 0) is 42.0 Å². The molecule has 0 saturated carbocycles. The number of nitrogens with zero attached hydrogens (tertiary/aromatic N) is 1. The van der Waals surface area contributed by atoms with Crippen molar-refractivity contribution in [1.29, 1.82) is 0 Å². The van der Waals surface area contributed by atoms with Gasteiger partial charge in [0.15, 0.2) is 6.10 Å². The average molecular weight is 374 g/mol. The summed E-state index contributed by atoms with van der Waals surface area (Å²) in [5, 5.41) is 0. The number of ether oxygens (including phenoxy) is 2. The van der Waals surface area contributed by atoms with Crippen molar-refractivity contribution >= 4 is 17.8 Å². The predicted octanol–water partition coefficient (Wildman–Crippen LogP) is 1.62. The maximum Gasteiger partial charge on any atom is 0.338 e. The maximum absolute atomic E-state index is 12.9. The third-order valence-corrected chi connectivity index (χ3v) is 5.25. The molecule has 2 heterocycles. The molecule has 146 valence electrons. The molecule has 0 aromatic heterocycles. The number of likely N-dealkylation sites (tertiary alicyclic amines) is 1. The second kappa shape index (κ2) is 8.08. The number of hydrogen-bond donors (Lipinski definition) is 1. The van der Waals surface area contributed by atoms with E-state index in [1.54, 1.807) is 17.0 Å². The summed E-state index contributed by atoms with van der Waals surface area (Å²) in [4.78, 5) is 38.4. The minimum atomic E-state index is -0.855. The molecule has 2 amide bonds. The van der Waals surface area contributed by atoms with Crippen molar-refractivity contribution in [3.63, 3.8) is 0 Å². The molecule has 2 aliphatic rings. The van der Waals surface area contributed by atoms with Gasteiger partial charge in [0, 0.05) is 19.0 Å². The van der Waals surface area contributed by atoms with Crippen molar-refractivity contribution in [3.05, 3.63) is 34.9 Å². The van der Waals surface area contributed by atoms with Crippen molar-refractivity contribution in [2.24, 2.45) is 17.6 Å². The average Bonchev–Trinajstić information content (AvgIpc) is 3.13. The summed E-state index contributed by atoms with van der Waals surface area (Å²) in [7, 11) is 0. The number of esters is 1. The van der Waals surface area contributed by atoms with Crippen LogP contribution >= 0.6 is 0 Å². The van der Waals surface area contributed by atoms with Gasteiger partial charge in [-0.2, -0.15) is 0 Å². The van der Waals surface area contributed by atoms with Crippen LogP contribution in [0.2, 0.25) is 0 Å². The second-order valence-corrected chi connectivity index (χ2v) is 7.55. The minimum Gasteiger partial charge on any atom is -0.448 e. The zero-order chi connectivity index (χ0) is 19.6. The molecule has 0 spiro atoms. The second-order valence-electron chi connectivity index (χ2n) is 7.55. The van der Waals surface area contributed by atoms with Crippen LogP contribution in [0.3, 0.4) is 0 Å². The van der Waals surface area contributed by atoms with E-state index in [9.17, 15) is 14.4 Å². The number of amides is 2. The smallest absolute Gasteiger partial charge is 0.338 e. The lowest BCUT2D eigenvalue weighted by Gasteiger charge is -2.34. The lowest BCUT2D eigenvalue weighted by molar-refractivity contribution is -0.145. The van der Waals surface area contributed by atoms with Crippen LogP contribution < -0.4 is 5.73 Å². The number of primary amides is 1. The molecule has 2 aliphatic heterocycles. The Morgan fingerprint density at radius 3 is 2.44 bits per heavy atom. The van der Waals surface area contributed by atoms with Gasteiger partial charge < -0.3 is 20.1 Å². The van der Waals surface area contributed by atoms with Gasteiger partial charge in [-0.15, -0.1) is 0 Å². The summed E-state index contributed by atoms with van der Waals surface area (Å²) in [6, 6.07) is 5.33. The van der Waals surface area contributed by atoms with Crippen LogP contribution in [0.1, 0.15) is 48.2 Å². The van der Waals surface area contributed by atoms with Crippen LogP contribution in [0.25, 0.3) is 0 Å². The molecular formula is C20H26N2O5. The SMILES string of the molecule is CC(C)C(OC(=O)c1ccc2c(c1)COC2)C(=O)N1CCC(C(N)=O)CC1. The predicted molar refractivity (Wildman–Crippen MR) is 97.5 cm³/mol. The summed E-state index contributed by atoms with van der Waals surface area (Å²) in [5.74, 6) is -1.40. The summed E-state index contributed by atoms with van der Waals surface area (Å²) in [6.07, 6.45) is 0.238. The highest BCUT2D eigenvalue weighted by atomic mass is 16.5. The topological polar surface area (TPSA) is 98.9 Å². The fraction of sp³-hybridized carbons (Fsp3) is 0.550. The number of benzene rings is 1. The number of nitrogens with two attached hydrogens (primary N) is 1. The zero-order valence-electron chi connectivity index (χ0n) is 15.8. The van der Waals surface area contributed by atoms with E-state index in [2.05, 4.69) is 0 Å². The first-order chi connectivity index (χ1) is 12.9. The largest absolute Gasteiger partial charge is 0.448 e. The number of carbonyl (C=O) groups excluding carboxylic acids is 3. The lowest BCUT2D eigenvalue weighted by Crippen LogP contribution is -2.48. The molecule has 1 atom stereocenters. The van der Waals surface area contributed by atoms with Crippen LogP contribution in [0.4, 0.5) is 0 Å². The highest BCUT2D eigenvalue weighted by Crippen LogP contribution is 2.23. The number of fused-ring (bicyclic) bond motifs is 1. The van der Waals surface area contributed by atoms with Gasteiger partial charge in [0.1, 0.15) is 0 Å². The first-order valence-electron chi connectivity index (χ1n) is 9.35. The monoisotopic (exact) mass is 374 g/mol. The van der Waals surface area contributed by atoms with E-state index < -0.39 is 12.1 Å². The molecule has 1 fully saturated rings. The number of piperidine rings is 1. The molecule has 1 unspecified atom stereocenters. The lowest BCUT2D eigenvalue weighted by atomic mass is 9.95. The van der Waals surface area contributed by atoms with E-state index in [0.29, 0.717) is 44.7 Å². The fourth-order valence-corrected chi connectivity index (χ4v) is 3.52. The number of rotatable bonds is 5. The van der Waals surface area contributed by atoms with E-state index in [1.165, 1.54) is 0 Å². The third-order valence-electron chi connectivity index (χ3n) is 5.25. The Hall–Kier alpha value is -2.41. The van der Waals surface area contributed by atoms with Crippen molar-refractivity contribution in [1.82, 2.24) is 4.90 Å². The highest BCUT2D eigenvalue weighted by molar-refractivity contribution is 5.92. The van der Waals surface area contributed by atoms with Crippen LogP contribution in [-0.4, -0.2) is 41.9 Å². The molecule has 0 aliphatic carbocycles. The van der Waals surface area contributed by atoms with Crippen LogP contribution in [0.5, 0.6) is 0 Å². The molecular weight excluding hydrogens is 348 g/mol. The van der Waals surface area contributed by atoms with Gasteiger partial charge in [-0.25, -0.2) is 4.79 Å². The van der Waals surface area contributed by atoms with Crippen molar-refractivity contribution in [3.8, 4) is 0 Å². The van der Waals surface area contributed by atoms with Crippen LogP contribution in [0.15, 0.2) is 18.2 Å². The molecule has 0 radical (unpaired) electrons. The van der Waals surface area contributed by atoms with E-state index in [-0.39, 0.29) is 23.7 Å². The first-order valence-corrected chi connectivity index (χ1v) is 9.35. The summed E-state index contributed by atoms with van der Waals surface area (Å²) >= 11 is 0. The van der Waals surface area contributed by atoms with Crippen LogP contribution in [-0.2, 0) is 32.3 Å². The molecule has 3 rings (SSSR count). The highest BCUT2D eigenvalue weighted by Gasteiger charge is 2.34. The van der Waals surface area contributed by atoms with E-state index in [0.717, 1.165) is 11.1 Å². The van der Waals surface area contributed by atoms with E-state index in [4.69, 9.17) is 15.2 Å². The molecule has 27 heavy (non-hydrogen) atoms. The Morgan fingerprint density at radius 2 is 1.81 bits per heavy atom. The number of hydrogen-bond acceptors (Lipinski definition) is 5. The number of carbonyl (C=O) groups is 3. The van der Waals surface area contributed by atoms with E-state index in [1.807, 2.05) is 19.9 Å². The Kier molecular flexibility index (Phi) is 5.79. The van der Waals surface area contributed by atoms with Gasteiger partial charge in [0.25, 0.3) is 5.91 Å². The standard InChI is InChI=1S/C20H26N2O5/c1-12(2)17(19(24)22-7-5-13(6-8-22)18(21)23)27-20(25)14-3-4-15-10-26-11-16(15)9-14/h3-4,9,12-13,17H,5-8,10-11H2,1-2H3,(H2,21,23). The van der Waals surface area contributed by atoms with Crippen LogP contribution in [0, 0.1) is 11.8 Å². The minimum absolute atomic E-state index is 0.159. The molecule has 2 N–H and O–H groups in total. The zero-order valence-corrected chi connectivity index (χ0v) is 15.8. The maximum atomic E-state index is 12.9. The van der Waals surface area contributed by atoms with E-state index >= 15 is 0 Å². The third kappa shape index (κ3) is 4.30. The normalized spacial score (nSPS) is 18.3. The Balaban J connectivity index is 1.66. The Labute approximate surface area is 158 Å². The van der Waals surface area contributed by atoms with Gasteiger partial charge in [-0.3, -0.25) is 9.59 Å². The quantitative estimate of drug-likeness (QED) is 0.790. The van der Waals surface area contributed by atoms with Gasteiger partial charge in [0.2, 0.25) is 5.91 Å². The van der Waals surface area contributed by atoms with Crippen molar-refractivity contribution in [2.45, 2.75) is 46.0 Å². The molecule has 7 heteroatoms. The van der Waals surface area contributed by atoms with Gasteiger partial charge >= 0.3 is 5.97 Å². The van der Waals surface area contributed by atoms with Gasteiger partial charge in [-0.1, -0.05) is 19.9 Å². The Morgan fingerprint density at radius 1 is 1.15 bits per heavy atom. The van der Waals surface area contributed by atoms with Crippen molar-refractivity contribution in [2.75, 3.05) is 13.1 Å². The summed E-state index contributed by atoms with van der Waals surface area (Å²) < 4.78 is 11.0. The fourth-order valence-electron chi connectivity index (χ4n) is 3.52. The molecule has 7 nitrogen and oxygen atoms in total.